The van der Waals surface area contributed by atoms with Gasteiger partial charge in [0.05, 0.1) is 13.0 Å². The van der Waals surface area contributed by atoms with Crippen molar-refractivity contribution in [3.63, 3.8) is 0 Å². The first kappa shape index (κ1) is 12.7. The van der Waals surface area contributed by atoms with Crippen LogP contribution in [-0.2, 0) is 16.0 Å². The van der Waals surface area contributed by atoms with Crippen LogP contribution in [0.25, 0.3) is 21.9 Å². The van der Waals surface area contributed by atoms with Gasteiger partial charge in [-0.3, -0.25) is 4.79 Å². The molecule has 3 rings (SSSR count). The van der Waals surface area contributed by atoms with Gasteiger partial charge in [0.2, 0.25) is 0 Å². The van der Waals surface area contributed by atoms with Gasteiger partial charge in [0.1, 0.15) is 11.2 Å². The van der Waals surface area contributed by atoms with Crippen LogP contribution in [0.3, 0.4) is 0 Å². The molecule has 0 bridgehead atoms. The van der Waals surface area contributed by atoms with Crippen LogP contribution >= 0.6 is 0 Å². The van der Waals surface area contributed by atoms with Crippen LogP contribution in [0.1, 0.15) is 18.1 Å². The van der Waals surface area contributed by atoms with Crippen LogP contribution in [0.5, 0.6) is 0 Å². The molecule has 0 N–H and O–H groups in total. The summed E-state index contributed by atoms with van der Waals surface area (Å²) in [5.74, 6) is -0.206. The Morgan fingerprint density at radius 1 is 1.20 bits per heavy atom. The third-order valence-electron chi connectivity index (χ3n) is 3.39. The number of aryl methyl sites for hydroxylation is 1. The Hall–Kier alpha value is -2.29. The van der Waals surface area contributed by atoms with Crippen molar-refractivity contribution in [2.45, 2.75) is 20.3 Å². The fourth-order valence-corrected chi connectivity index (χ4v) is 2.61. The first-order valence-electron chi connectivity index (χ1n) is 6.75. The lowest BCUT2D eigenvalue weighted by Crippen LogP contribution is -2.07. The molecule has 1 aromatic heterocycles. The molecule has 0 amide bonds. The minimum Gasteiger partial charge on any atom is -0.466 e. The molecular weight excluding hydrogens is 252 g/mol. The van der Waals surface area contributed by atoms with E-state index in [1.807, 2.05) is 44.2 Å². The number of benzene rings is 2. The third kappa shape index (κ3) is 2.16. The number of para-hydroxylation sites is 1. The first-order chi connectivity index (χ1) is 9.69. The lowest BCUT2D eigenvalue weighted by Gasteiger charge is -2.04. The van der Waals surface area contributed by atoms with Crippen molar-refractivity contribution in [3.8, 4) is 0 Å². The normalized spacial score (nSPS) is 11.1. The summed E-state index contributed by atoms with van der Waals surface area (Å²) in [6, 6.07) is 11.9. The summed E-state index contributed by atoms with van der Waals surface area (Å²) in [7, 11) is 0. The van der Waals surface area contributed by atoms with E-state index in [1.165, 1.54) is 0 Å². The summed E-state index contributed by atoms with van der Waals surface area (Å²) in [5.41, 5.74) is 3.74. The molecule has 0 saturated heterocycles. The number of ether oxygens (including phenoxy) is 1. The number of fused-ring (bicyclic) bond motifs is 3. The third-order valence-corrected chi connectivity index (χ3v) is 3.39. The molecule has 1 heterocycles. The van der Waals surface area contributed by atoms with Gasteiger partial charge in [0.25, 0.3) is 0 Å². The lowest BCUT2D eigenvalue weighted by molar-refractivity contribution is -0.142. The van der Waals surface area contributed by atoms with Crippen molar-refractivity contribution >= 4 is 27.9 Å². The molecule has 20 heavy (non-hydrogen) atoms. The van der Waals surface area contributed by atoms with Gasteiger partial charge in [-0.25, -0.2) is 0 Å². The van der Waals surface area contributed by atoms with Crippen molar-refractivity contribution < 1.29 is 13.9 Å². The van der Waals surface area contributed by atoms with Crippen molar-refractivity contribution in [3.05, 3.63) is 47.5 Å². The van der Waals surface area contributed by atoms with Crippen molar-refractivity contribution in [2.24, 2.45) is 0 Å². The van der Waals surface area contributed by atoms with E-state index < -0.39 is 0 Å². The van der Waals surface area contributed by atoms with E-state index in [9.17, 15) is 4.79 Å². The zero-order valence-electron chi connectivity index (χ0n) is 11.6. The molecule has 0 radical (unpaired) electrons. The summed E-state index contributed by atoms with van der Waals surface area (Å²) in [5, 5.41) is 2.23. The molecular formula is C17H16O3. The van der Waals surface area contributed by atoms with Crippen LogP contribution in [-0.4, -0.2) is 12.6 Å². The van der Waals surface area contributed by atoms with E-state index in [-0.39, 0.29) is 12.4 Å². The van der Waals surface area contributed by atoms with Crippen LogP contribution in [0.15, 0.2) is 40.8 Å². The fourth-order valence-electron chi connectivity index (χ4n) is 2.61. The van der Waals surface area contributed by atoms with E-state index in [1.54, 1.807) is 0 Å². The molecule has 0 spiro atoms. The standard InChI is InChI=1S/C17H16O3/c1-3-19-16(18)10-12-8-11(2)17-13-6-4-5-7-14(13)20-15(17)9-12/h4-9H,3,10H2,1-2H3. The number of hydrogen-bond acceptors (Lipinski definition) is 3. The average Bonchev–Trinajstić information content (AvgIpc) is 2.77. The maximum atomic E-state index is 11.6. The number of carbonyl (C=O) groups excluding carboxylic acids is 1. The van der Waals surface area contributed by atoms with Gasteiger partial charge in [-0.2, -0.15) is 0 Å². The smallest absolute Gasteiger partial charge is 0.310 e. The number of furan rings is 1. The fraction of sp³-hybridized carbons (Fsp3) is 0.235. The molecule has 3 heteroatoms. The quantitative estimate of drug-likeness (QED) is 0.674. The van der Waals surface area contributed by atoms with E-state index in [2.05, 4.69) is 6.07 Å². The first-order valence-corrected chi connectivity index (χ1v) is 6.75. The zero-order chi connectivity index (χ0) is 14.1. The van der Waals surface area contributed by atoms with E-state index in [4.69, 9.17) is 9.15 Å². The molecule has 102 valence electrons. The predicted octanol–water partition coefficient (Wildman–Crippen LogP) is 4.00. The van der Waals surface area contributed by atoms with Crippen molar-refractivity contribution in [2.75, 3.05) is 6.61 Å². The van der Waals surface area contributed by atoms with E-state index in [0.29, 0.717) is 6.61 Å². The monoisotopic (exact) mass is 268 g/mol. The minimum atomic E-state index is -0.206. The molecule has 0 aliphatic carbocycles. The number of rotatable bonds is 3. The van der Waals surface area contributed by atoms with Gasteiger partial charge in [-0.15, -0.1) is 0 Å². The van der Waals surface area contributed by atoms with Crippen LogP contribution in [0.4, 0.5) is 0 Å². The second-order valence-corrected chi connectivity index (χ2v) is 4.87. The highest BCUT2D eigenvalue weighted by atomic mass is 16.5. The van der Waals surface area contributed by atoms with E-state index >= 15 is 0 Å². The maximum absolute atomic E-state index is 11.6. The predicted molar refractivity (Wildman–Crippen MR) is 78.8 cm³/mol. The number of hydrogen-bond donors (Lipinski definition) is 0. The van der Waals surface area contributed by atoms with Crippen molar-refractivity contribution in [1.82, 2.24) is 0 Å². The summed E-state index contributed by atoms with van der Waals surface area (Å²) < 4.78 is 10.9. The van der Waals surface area contributed by atoms with Gasteiger partial charge in [-0.05, 0) is 37.1 Å². The van der Waals surface area contributed by atoms with E-state index in [0.717, 1.165) is 33.1 Å². The maximum Gasteiger partial charge on any atom is 0.310 e. The molecule has 0 aliphatic rings. The molecule has 0 unspecified atom stereocenters. The highest BCUT2D eigenvalue weighted by Crippen LogP contribution is 2.32. The van der Waals surface area contributed by atoms with Gasteiger partial charge in [0.15, 0.2) is 0 Å². The number of carbonyl (C=O) groups is 1. The second kappa shape index (κ2) is 5.00. The summed E-state index contributed by atoms with van der Waals surface area (Å²) in [6.07, 6.45) is 0.279. The lowest BCUT2D eigenvalue weighted by atomic mass is 10.0. The molecule has 3 aromatic rings. The Labute approximate surface area is 117 Å². The van der Waals surface area contributed by atoms with Crippen LogP contribution in [0.2, 0.25) is 0 Å². The number of esters is 1. The van der Waals surface area contributed by atoms with Gasteiger partial charge < -0.3 is 9.15 Å². The summed E-state index contributed by atoms with van der Waals surface area (Å²) >= 11 is 0. The second-order valence-electron chi connectivity index (χ2n) is 4.87. The van der Waals surface area contributed by atoms with Gasteiger partial charge in [-0.1, -0.05) is 24.3 Å². The summed E-state index contributed by atoms with van der Waals surface area (Å²) in [6.45, 7) is 4.26. The Bertz CT molecular complexity index is 783. The average molecular weight is 268 g/mol. The summed E-state index contributed by atoms with van der Waals surface area (Å²) in [4.78, 5) is 11.6. The Morgan fingerprint density at radius 3 is 2.80 bits per heavy atom. The molecule has 2 aromatic carbocycles. The van der Waals surface area contributed by atoms with Crippen molar-refractivity contribution in [1.29, 1.82) is 0 Å². The highest BCUT2D eigenvalue weighted by molar-refractivity contribution is 6.06. The largest absolute Gasteiger partial charge is 0.466 e. The SMILES string of the molecule is CCOC(=O)Cc1cc(C)c2c(c1)oc1ccccc12. The van der Waals surface area contributed by atoms with Gasteiger partial charge in [0, 0.05) is 10.8 Å². The Balaban J connectivity index is 2.10. The Kier molecular flexibility index (Phi) is 3.18. The molecule has 3 nitrogen and oxygen atoms in total. The molecule has 0 saturated carbocycles. The molecule has 0 atom stereocenters. The zero-order valence-corrected chi connectivity index (χ0v) is 11.6. The molecule has 0 aliphatic heterocycles. The Morgan fingerprint density at radius 2 is 2.00 bits per heavy atom. The molecule has 0 fully saturated rings. The minimum absolute atomic E-state index is 0.206. The van der Waals surface area contributed by atoms with Crippen LogP contribution < -0.4 is 0 Å². The van der Waals surface area contributed by atoms with Gasteiger partial charge >= 0.3 is 5.97 Å². The highest BCUT2D eigenvalue weighted by Gasteiger charge is 2.12. The van der Waals surface area contributed by atoms with Crippen LogP contribution in [0, 0.1) is 6.92 Å². The topological polar surface area (TPSA) is 39.4 Å².